The molecule has 1 aromatic heterocycles. The fourth-order valence-corrected chi connectivity index (χ4v) is 3.42. The molecule has 0 saturated heterocycles. The lowest BCUT2D eigenvalue weighted by molar-refractivity contribution is 0.0701. The van der Waals surface area contributed by atoms with Gasteiger partial charge in [-0.3, -0.25) is 0 Å². The zero-order valence-corrected chi connectivity index (χ0v) is 14.5. The summed E-state index contributed by atoms with van der Waals surface area (Å²) < 4.78 is 0. The van der Waals surface area contributed by atoms with Crippen molar-refractivity contribution in [2.75, 3.05) is 19.0 Å². The van der Waals surface area contributed by atoms with Crippen LogP contribution in [0.2, 0.25) is 0 Å². The minimum atomic E-state index is -0.897. The quantitative estimate of drug-likeness (QED) is 0.912. The number of aryl methyl sites for hydroxylation is 1. The number of rotatable bonds is 5. The molecule has 0 amide bonds. The van der Waals surface area contributed by atoms with Crippen LogP contribution in [0.15, 0.2) is 24.3 Å². The Morgan fingerprint density at radius 1 is 1.36 bits per heavy atom. The van der Waals surface area contributed by atoms with Crippen LogP contribution in [0.1, 0.15) is 39.8 Å². The summed E-state index contributed by atoms with van der Waals surface area (Å²) in [6.45, 7) is 5.98. The van der Waals surface area contributed by atoms with Crippen molar-refractivity contribution in [3.8, 4) is 0 Å². The number of aromatic nitrogens is 1. The van der Waals surface area contributed by atoms with Gasteiger partial charge in [0.15, 0.2) is 0 Å². The summed E-state index contributed by atoms with van der Waals surface area (Å²) in [5, 5.41) is 10.1. The average molecular weight is 318 g/mol. The largest absolute Gasteiger partial charge is 0.477 e. The van der Waals surface area contributed by atoms with Crippen LogP contribution >= 0.6 is 11.3 Å². The van der Waals surface area contributed by atoms with Crippen LogP contribution in [-0.2, 0) is 11.8 Å². The summed E-state index contributed by atoms with van der Waals surface area (Å²) in [6, 6.07) is 8.40. The molecule has 1 heterocycles. The van der Waals surface area contributed by atoms with Crippen molar-refractivity contribution >= 4 is 23.0 Å². The summed E-state index contributed by atoms with van der Waals surface area (Å²) in [6.07, 6.45) is 0.820. The van der Waals surface area contributed by atoms with Gasteiger partial charge in [-0.05, 0) is 31.0 Å². The molecule has 5 heteroatoms. The topological polar surface area (TPSA) is 53.4 Å². The van der Waals surface area contributed by atoms with Gasteiger partial charge in [0, 0.05) is 25.2 Å². The molecule has 22 heavy (non-hydrogen) atoms. The van der Waals surface area contributed by atoms with Crippen LogP contribution in [0, 0.1) is 6.92 Å². The van der Waals surface area contributed by atoms with Gasteiger partial charge >= 0.3 is 5.97 Å². The predicted octanol–water partition coefficient (Wildman–Crippen LogP) is 3.74. The maximum absolute atomic E-state index is 11.2. The molecule has 0 aliphatic carbocycles. The van der Waals surface area contributed by atoms with Gasteiger partial charge in [0.2, 0.25) is 0 Å². The molecule has 0 aliphatic rings. The molecule has 118 valence electrons. The van der Waals surface area contributed by atoms with Gasteiger partial charge in [-0.15, -0.1) is 11.3 Å². The summed E-state index contributed by atoms with van der Waals surface area (Å²) in [7, 11) is 4.04. The van der Waals surface area contributed by atoms with Gasteiger partial charge in [-0.25, -0.2) is 9.78 Å². The van der Waals surface area contributed by atoms with Crippen LogP contribution in [0.25, 0.3) is 0 Å². The molecule has 1 N–H and O–H groups in total. The molecule has 0 fully saturated rings. The first-order valence-corrected chi connectivity index (χ1v) is 8.00. The van der Waals surface area contributed by atoms with Crippen LogP contribution in [-0.4, -0.2) is 30.2 Å². The lowest BCUT2D eigenvalue weighted by Crippen LogP contribution is -2.20. The maximum atomic E-state index is 11.2. The Labute approximate surface area is 135 Å². The molecule has 1 aromatic carbocycles. The van der Waals surface area contributed by atoms with E-state index in [0.717, 1.165) is 17.1 Å². The highest BCUT2D eigenvalue weighted by Crippen LogP contribution is 2.33. The fraction of sp³-hybridized carbons (Fsp3) is 0.412. The molecule has 4 nitrogen and oxygen atoms in total. The molecule has 0 saturated carbocycles. The van der Waals surface area contributed by atoms with Gasteiger partial charge in [0.05, 0.1) is 10.7 Å². The molecule has 0 unspecified atom stereocenters. The van der Waals surface area contributed by atoms with Crippen molar-refractivity contribution in [1.29, 1.82) is 0 Å². The van der Waals surface area contributed by atoms with Gasteiger partial charge in [0.25, 0.3) is 0 Å². The second-order valence-electron chi connectivity index (χ2n) is 6.36. The Morgan fingerprint density at radius 3 is 2.59 bits per heavy atom. The predicted molar refractivity (Wildman–Crippen MR) is 91.3 cm³/mol. The molecular formula is C17H22N2O2S. The monoisotopic (exact) mass is 318 g/mol. The number of benzene rings is 1. The zero-order valence-electron chi connectivity index (χ0n) is 13.7. The highest BCUT2D eigenvalue weighted by Gasteiger charge is 2.27. The maximum Gasteiger partial charge on any atom is 0.347 e. The lowest BCUT2D eigenvalue weighted by atomic mass is 9.86. The van der Waals surface area contributed by atoms with E-state index in [9.17, 15) is 9.90 Å². The average Bonchev–Trinajstić information content (AvgIpc) is 2.81. The van der Waals surface area contributed by atoms with Gasteiger partial charge in [0.1, 0.15) is 4.88 Å². The van der Waals surface area contributed by atoms with Crippen LogP contribution < -0.4 is 4.90 Å². The third-order valence-electron chi connectivity index (χ3n) is 3.64. The third kappa shape index (κ3) is 3.47. The summed E-state index contributed by atoms with van der Waals surface area (Å²) in [5.74, 6) is -0.897. The van der Waals surface area contributed by atoms with Crippen molar-refractivity contribution < 1.29 is 9.90 Å². The Morgan fingerprint density at radius 2 is 2.05 bits per heavy atom. The number of thiazole rings is 1. The first-order valence-electron chi connectivity index (χ1n) is 7.18. The number of aromatic carboxylic acids is 1. The van der Waals surface area contributed by atoms with Crippen LogP contribution in [0.3, 0.4) is 0 Å². The van der Waals surface area contributed by atoms with E-state index in [4.69, 9.17) is 0 Å². The Kier molecular flexibility index (Phi) is 4.56. The van der Waals surface area contributed by atoms with E-state index < -0.39 is 5.97 Å². The molecular weight excluding hydrogens is 296 g/mol. The second-order valence-corrected chi connectivity index (χ2v) is 7.36. The molecule has 0 aliphatic heterocycles. The number of hydrogen-bond donors (Lipinski definition) is 1. The molecule has 0 spiro atoms. The fourth-order valence-electron chi connectivity index (χ4n) is 2.41. The van der Waals surface area contributed by atoms with E-state index in [-0.39, 0.29) is 5.41 Å². The normalized spacial score (nSPS) is 11.5. The number of anilines is 1. The van der Waals surface area contributed by atoms with E-state index in [0.29, 0.717) is 10.6 Å². The Bertz CT molecular complexity index is 690. The highest BCUT2D eigenvalue weighted by atomic mass is 32.1. The number of hydrogen-bond acceptors (Lipinski definition) is 4. The molecule has 2 aromatic rings. The Balaban J connectivity index is 2.29. The molecule has 0 radical (unpaired) electrons. The molecule has 2 rings (SSSR count). The molecule has 0 bridgehead atoms. The van der Waals surface area contributed by atoms with Gasteiger partial charge < -0.3 is 10.0 Å². The van der Waals surface area contributed by atoms with Gasteiger partial charge in [-0.1, -0.05) is 26.0 Å². The minimum absolute atomic E-state index is 0.200. The van der Waals surface area contributed by atoms with Crippen molar-refractivity contribution in [2.45, 2.75) is 32.6 Å². The smallest absolute Gasteiger partial charge is 0.347 e. The highest BCUT2D eigenvalue weighted by molar-refractivity contribution is 7.13. The van der Waals surface area contributed by atoms with E-state index in [1.807, 2.05) is 14.1 Å². The number of carbonyl (C=O) groups is 1. The summed E-state index contributed by atoms with van der Waals surface area (Å²) in [4.78, 5) is 18.1. The summed E-state index contributed by atoms with van der Waals surface area (Å²) in [5.41, 5.74) is 2.78. The van der Waals surface area contributed by atoms with Crippen molar-refractivity contribution in [1.82, 2.24) is 4.98 Å². The first kappa shape index (κ1) is 16.5. The van der Waals surface area contributed by atoms with Crippen molar-refractivity contribution in [3.63, 3.8) is 0 Å². The van der Waals surface area contributed by atoms with E-state index >= 15 is 0 Å². The van der Waals surface area contributed by atoms with E-state index in [2.05, 4.69) is 48.0 Å². The Hall–Kier alpha value is -1.88. The molecule has 0 atom stereocenters. The second kappa shape index (κ2) is 6.08. The number of carboxylic acid groups (broad SMARTS) is 1. The van der Waals surface area contributed by atoms with Crippen molar-refractivity contribution in [3.05, 3.63) is 45.4 Å². The standard InChI is InChI=1S/C17H22N2O2S/c1-11-14(15(20)21)22-16(18-11)17(2,3)10-12-7-6-8-13(9-12)19(4)5/h6-9H,10H2,1-5H3,(H,20,21). The van der Waals surface area contributed by atoms with E-state index in [1.165, 1.54) is 16.9 Å². The van der Waals surface area contributed by atoms with Crippen molar-refractivity contribution in [2.24, 2.45) is 0 Å². The van der Waals surface area contributed by atoms with Gasteiger partial charge in [-0.2, -0.15) is 0 Å². The number of nitrogens with zero attached hydrogens (tertiary/aromatic N) is 2. The van der Waals surface area contributed by atoms with Crippen LogP contribution in [0.5, 0.6) is 0 Å². The van der Waals surface area contributed by atoms with Crippen LogP contribution in [0.4, 0.5) is 5.69 Å². The summed E-state index contributed by atoms with van der Waals surface area (Å²) >= 11 is 1.28. The number of carboxylic acids is 1. The lowest BCUT2D eigenvalue weighted by Gasteiger charge is -2.23. The first-order chi connectivity index (χ1) is 10.2. The zero-order chi connectivity index (χ0) is 16.5. The minimum Gasteiger partial charge on any atom is -0.477 e. The third-order valence-corrected chi connectivity index (χ3v) is 5.15. The van der Waals surface area contributed by atoms with E-state index in [1.54, 1.807) is 6.92 Å². The SMILES string of the molecule is Cc1nc(C(C)(C)Cc2cccc(N(C)C)c2)sc1C(=O)O.